The SMILES string of the molecule is CCCC.CCOCC(C)CC. The molecule has 0 fully saturated rings. The first-order valence-corrected chi connectivity index (χ1v) is 5.30. The molecule has 0 aliphatic rings. The van der Waals surface area contributed by atoms with Crippen LogP contribution in [0.3, 0.4) is 0 Å². The van der Waals surface area contributed by atoms with E-state index in [0.717, 1.165) is 19.1 Å². The van der Waals surface area contributed by atoms with Crippen LogP contribution in [0.2, 0.25) is 0 Å². The van der Waals surface area contributed by atoms with Crippen molar-refractivity contribution in [3.05, 3.63) is 0 Å². The molecule has 76 valence electrons. The summed E-state index contributed by atoms with van der Waals surface area (Å²) in [4.78, 5) is 0. The molecule has 0 aliphatic carbocycles. The Hall–Kier alpha value is -0.0400. The van der Waals surface area contributed by atoms with E-state index >= 15 is 0 Å². The van der Waals surface area contributed by atoms with E-state index in [0.29, 0.717) is 0 Å². The minimum Gasteiger partial charge on any atom is -0.381 e. The standard InChI is InChI=1S/C7H16O.C4H10/c1-4-7(3)6-8-5-2;1-3-4-2/h7H,4-6H2,1-3H3;3-4H2,1-2H3. The number of rotatable bonds is 5. The first kappa shape index (κ1) is 14.5. The number of ether oxygens (including phenoxy) is 1. The van der Waals surface area contributed by atoms with Crippen LogP contribution in [0.4, 0.5) is 0 Å². The topological polar surface area (TPSA) is 9.23 Å². The molecule has 0 aromatic carbocycles. The minimum atomic E-state index is 0.731. The fourth-order valence-corrected chi connectivity index (χ4v) is 0.437. The second kappa shape index (κ2) is 13.5. The Labute approximate surface area is 78.5 Å². The summed E-state index contributed by atoms with van der Waals surface area (Å²) in [5.41, 5.74) is 0. The van der Waals surface area contributed by atoms with Crippen LogP contribution in [0.5, 0.6) is 0 Å². The summed E-state index contributed by atoms with van der Waals surface area (Å²) in [5, 5.41) is 0. The van der Waals surface area contributed by atoms with Crippen LogP contribution in [0.25, 0.3) is 0 Å². The van der Waals surface area contributed by atoms with Crippen molar-refractivity contribution in [2.45, 2.75) is 53.9 Å². The van der Waals surface area contributed by atoms with Gasteiger partial charge in [-0.2, -0.15) is 0 Å². The summed E-state index contributed by atoms with van der Waals surface area (Å²) in [5.74, 6) is 0.731. The zero-order valence-corrected chi connectivity index (χ0v) is 9.52. The Morgan fingerprint density at radius 2 is 1.50 bits per heavy atom. The lowest BCUT2D eigenvalue weighted by Crippen LogP contribution is -2.03. The van der Waals surface area contributed by atoms with Gasteiger partial charge in [0.25, 0.3) is 0 Å². The smallest absolute Gasteiger partial charge is 0.0491 e. The fraction of sp³-hybridized carbons (Fsp3) is 1.00. The number of unbranched alkanes of at least 4 members (excludes halogenated alkanes) is 1. The third-order valence-corrected chi connectivity index (χ3v) is 1.80. The average Bonchev–Trinajstić information content (AvgIpc) is 2.14. The fourth-order valence-electron chi connectivity index (χ4n) is 0.437. The van der Waals surface area contributed by atoms with Crippen molar-refractivity contribution in [2.24, 2.45) is 5.92 Å². The van der Waals surface area contributed by atoms with E-state index in [-0.39, 0.29) is 0 Å². The maximum Gasteiger partial charge on any atom is 0.0491 e. The van der Waals surface area contributed by atoms with Crippen molar-refractivity contribution < 1.29 is 4.74 Å². The quantitative estimate of drug-likeness (QED) is 0.614. The molecule has 0 N–H and O–H groups in total. The van der Waals surface area contributed by atoms with Crippen LogP contribution >= 0.6 is 0 Å². The molecular weight excluding hydrogens is 148 g/mol. The highest BCUT2D eigenvalue weighted by atomic mass is 16.5. The summed E-state index contributed by atoms with van der Waals surface area (Å²) in [6.45, 7) is 12.6. The van der Waals surface area contributed by atoms with Crippen LogP contribution in [-0.4, -0.2) is 13.2 Å². The Morgan fingerprint density at radius 1 is 1.00 bits per heavy atom. The van der Waals surface area contributed by atoms with Crippen LogP contribution in [0.15, 0.2) is 0 Å². The molecule has 0 aromatic rings. The predicted molar refractivity (Wildman–Crippen MR) is 56.5 cm³/mol. The van der Waals surface area contributed by atoms with Crippen LogP contribution < -0.4 is 0 Å². The molecule has 0 saturated heterocycles. The van der Waals surface area contributed by atoms with Gasteiger partial charge in [0, 0.05) is 13.2 Å². The zero-order valence-electron chi connectivity index (χ0n) is 9.52. The molecule has 12 heavy (non-hydrogen) atoms. The van der Waals surface area contributed by atoms with Gasteiger partial charge in [-0.25, -0.2) is 0 Å². The van der Waals surface area contributed by atoms with E-state index < -0.39 is 0 Å². The third-order valence-electron chi connectivity index (χ3n) is 1.80. The van der Waals surface area contributed by atoms with Crippen molar-refractivity contribution >= 4 is 0 Å². The van der Waals surface area contributed by atoms with E-state index in [1.165, 1.54) is 19.3 Å². The van der Waals surface area contributed by atoms with Crippen LogP contribution in [-0.2, 0) is 4.74 Å². The van der Waals surface area contributed by atoms with E-state index in [1.807, 2.05) is 6.92 Å². The lowest BCUT2D eigenvalue weighted by Gasteiger charge is -2.05. The average molecular weight is 174 g/mol. The Kier molecular flexibility index (Phi) is 16.3. The number of hydrogen-bond donors (Lipinski definition) is 0. The molecule has 1 atom stereocenters. The van der Waals surface area contributed by atoms with Gasteiger partial charge in [0.15, 0.2) is 0 Å². The highest BCUT2D eigenvalue weighted by Crippen LogP contribution is 1.99. The maximum absolute atomic E-state index is 5.19. The highest BCUT2D eigenvalue weighted by molar-refractivity contribution is 4.44. The van der Waals surface area contributed by atoms with Crippen molar-refractivity contribution in [1.29, 1.82) is 0 Å². The second-order valence-corrected chi connectivity index (χ2v) is 3.17. The molecule has 0 rings (SSSR count). The van der Waals surface area contributed by atoms with Crippen LogP contribution in [0.1, 0.15) is 53.9 Å². The van der Waals surface area contributed by atoms with Gasteiger partial charge in [-0.1, -0.05) is 47.0 Å². The van der Waals surface area contributed by atoms with Gasteiger partial charge in [0.2, 0.25) is 0 Å². The van der Waals surface area contributed by atoms with Gasteiger partial charge >= 0.3 is 0 Å². The summed E-state index contributed by atoms with van der Waals surface area (Å²) in [6, 6.07) is 0. The summed E-state index contributed by atoms with van der Waals surface area (Å²) in [7, 11) is 0. The second-order valence-electron chi connectivity index (χ2n) is 3.17. The van der Waals surface area contributed by atoms with Crippen molar-refractivity contribution in [2.75, 3.05) is 13.2 Å². The molecular formula is C11H26O. The minimum absolute atomic E-state index is 0.731. The predicted octanol–water partition coefficient (Wildman–Crippen LogP) is 3.88. The normalized spacial score (nSPS) is 11.8. The number of hydrogen-bond acceptors (Lipinski definition) is 1. The first-order chi connectivity index (χ1) is 5.72. The van der Waals surface area contributed by atoms with Gasteiger partial charge < -0.3 is 4.74 Å². The molecule has 0 radical (unpaired) electrons. The molecule has 0 spiro atoms. The van der Waals surface area contributed by atoms with Gasteiger partial charge in [0.1, 0.15) is 0 Å². The molecule has 1 heteroatoms. The Balaban J connectivity index is 0. The summed E-state index contributed by atoms with van der Waals surface area (Å²) in [6.07, 6.45) is 3.86. The zero-order chi connectivity index (χ0) is 9.82. The molecule has 0 heterocycles. The molecule has 0 bridgehead atoms. The maximum atomic E-state index is 5.19. The first-order valence-electron chi connectivity index (χ1n) is 5.30. The van der Waals surface area contributed by atoms with Gasteiger partial charge in [0.05, 0.1) is 0 Å². The Morgan fingerprint density at radius 3 is 1.75 bits per heavy atom. The largest absolute Gasteiger partial charge is 0.381 e. The molecule has 1 unspecified atom stereocenters. The summed E-state index contributed by atoms with van der Waals surface area (Å²) >= 11 is 0. The van der Waals surface area contributed by atoms with Crippen molar-refractivity contribution in [3.8, 4) is 0 Å². The molecule has 0 aromatic heterocycles. The highest BCUT2D eigenvalue weighted by Gasteiger charge is 1.94. The molecule has 0 amide bonds. The van der Waals surface area contributed by atoms with Crippen LogP contribution in [0, 0.1) is 5.92 Å². The lowest BCUT2D eigenvalue weighted by atomic mass is 10.1. The molecule has 1 nitrogen and oxygen atoms in total. The monoisotopic (exact) mass is 174 g/mol. The van der Waals surface area contributed by atoms with E-state index in [2.05, 4.69) is 27.7 Å². The lowest BCUT2D eigenvalue weighted by molar-refractivity contribution is 0.115. The third kappa shape index (κ3) is 16.5. The van der Waals surface area contributed by atoms with E-state index in [4.69, 9.17) is 4.74 Å². The van der Waals surface area contributed by atoms with Gasteiger partial charge in [-0.3, -0.25) is 0 Å². The van der Waals surface area contributed by atoms with E-state index in [1.54, 1.807) is 0 Å². The van der Waals surface area contributed by atoms with Gasteiger partial charge in [-0.05, 0) is 12.8 Å². The van der Waals surface area contributed by atoms with Crippen molar-refractivity contribution in [1.82, 2.24) is 0 Å². The molecule has 0 aliphatic heterocycles. The van der Waals surface area contributed by atoms with Gasteiger partial charge in [-0.15, -0.1) is 0 Å². The van der Waals surface area contributed by atoms with Crippen molar-refractivity contribution in [3.63, 3.8) is 0 Å². The van der Waals surface area contributed by atoms with E-state index in [9.17, 15) is 0 Å². The molecule has 0 saturated carbocycles. The Bertz CT molecular complexity index is 60.0. The summed E-state index contributed by atoms with van der Waals surface area (Å²) < 4.78 is 5.19.